The smallest absolute Gasteiger partial charge is 0.460 e. The summed E-state index contributed by atoms with van der Waals surface area (Å²) < 4.78 is 17.4. The predicted octanol–water partition coefficient (Wildman–Crippen LogP) is 10.0. The Hall–Kier alpha value is -2.04. The highest BCUT2D eigenvalue weighted by Crippen LogP contribution is 2.77. The van der Waals surface area contributed by atoms with Gasteiger partial charge in [0.1, 0.15) is 12.7 Å². The van der Waals surface area contributed by atoms with Crippen molar-refractivity contribution in [2.24, 2.45) is 62.6 Å². The summed E-state index contributed by atoms with van der Waals surface area (Å²) >= 11 is 0. The Morgan fingerprint density at radius 3 is 2.22 bits per heavy atom. The van der Waals surface area contributed by atoms with Gasteiger partial charge in [-0.05, 0) is 128 Å². The zero-order valence-corrected chi connectivity index (χ0v) is 29.5. The molecule has 5 fully saturated rings. The Bertz CT molecular complexity index is 1260. The highest BCUT2D eigenvalue weighted by Gasteiger charge is 2.72. The van der Waals surface area contributed by atoms with Gasteiger partial charge in [-0.15, -0.1) is 0 Å². The van der Waals surface area contributed by atoms with Gasteiger partial charge in [0, 0.05) is 5.41 Å². The van der Waals surface area contributed by atoms with E-state index in [0.717, 1.165) is 44.1 Å². The third kappa shape index (κ3) is 4.90. The molecule has 1 aromatic carbocycles. The van der Waals surface area contributed by atoms with Gasteiger partial charge in [0.05, 0.1) is 12.0 Å². The summed E-state index contributed by atoms with van der Waals surface area (Å²) in [4.78, 5) is 26.7. The van der Waals surface area contributed by atoms with Crippen LogP contribution < -0.4 is 0 Å². The van der Waals surface area contributed by atoms with Gasteiger partial charge in [-0.3, -0.25) is 4.79 Å². The second-order valence-electron chi connectivity index (χ2n) is 17.5. The van der Waals surface area contributed by atoms with E-state index in [-0.39, 0.29) is 39.1 Å². The van der Waals surface area contributed by atoms with Crippen LogP contribution in [0.15, 0.2) is 30.3 Å². The SMILES string of the molecule is CCOC(=O)O[C@@H]1CC[C@]2(C)[C@H]3CCC4[C@@H]5[C@H](C(C)C)CC[C@]5(C(=O)OCc5ccccc5)CC[C@@]4(C)[C@]3(C)CC[C@H]2C1(C)C. The average molecular weight is 621 g/mol. The molecule has 0 saturated heterocycles. The molecule has 5 heteroatoms. The number of carbonyl (C=O) groups is 2. The van der Waals surface area contributed by atoms with Crippen LogP contribution in [0, 0.1) is 62.6 Å². The summed E-state index contributed by atoms with van der Waals surface area (Å²) in [6, 6.07) is 10.2. The van der Waals surface area contributed by atoms with E-state index in [2.05, 4.69) is 60.6 Å². The Balaban J connectivity index is 1.28. The minimum atomic E-state index is -0.517. The Morgan fingerprint density at radius 1 is 0.800 bits per heavy atom. The molecule has 0 N–H and O–H groups in total. The van der Waals surface area contributed by atoms with Crippen molar-refractivity contribution in [1.82, 2.24) is 0 Å². The minimum absolute atomic E-state index is 0.0752. The first-order valence-electron chi connectivity index (χ1n) is 18.3. The van der Waals surface area contributed by atoms with Crippen LogP contribution >= 0.6 is 0 Å². The Morgan fingerprint density at radius 2 is 1.53 bits per heavy atom. The number of hydrogen-bond donors (Lipinski definition) is 0. The molecule has 5 aliphatic carbocycles. The molecule has 5 aliphatic rings. The standard InChI is InChI=1S/C40H60O5/c1-9-43-35(42)45-32-19-20-37(6)30(36(32,4)5)18-21-39(8)31(37)16-15-29-33-28(26(2)3)17-22-40(33,24-23-38(29,39)7)34(41)44-25-27-13-11-10-12-14-27/h10-14,26,28-33H,9,15-25H2,1-8H3/t28-,29?,30-,31+,32+,33-,37-,38+,39+,40-/m0/s1. The molecule has 45 heavy (non-hydrogen) atoms. The van der Waals surface area contributed by atoms with Crippen LogP contribution in [-0.2, 0) is 25.6 Å². The Kier molecular flexibility index (Phi) is 8.46. The number of hydrogen-bond acceptors (Lipinski definition) is 5. The van der Waals surface area contributed by atoms with E-state index in [4.69, 9.17) is 14.2 Å². The van der Waals surface area contributed by atoms with Crippen molar-refractivity contribution in [3.05, 3.63) is 35.9 Å². The van der Waals surface area contributed by atoms with E-state index in [1.54, 1.807) is 0 Å². The van der Waals surface area contributed by atoms with Crippen molar-refractivity contribution in [3.63, 3.8) is 0 Å². The first-order chi connectivity index (χ1) is 21.2. The topological polar surface area (TPSA) is 61.8 Å². The van der Waals surface area contributed by atoms with Crippen molar-refractivity contribution in [1.29, 1.82) is 0 Å². The zero-order chi connectivity index (χ0) is 32.4. The maximum Gasteiger partial charge on any atom is 0.508 e. The summed E-state index contributed by atoms with van der Waals surface area (Å²) in [6.07, 6.45) is 10.4. The molecule has 0 aliphatic heterocycles. The molecule has 5 saturated carbocycles. The fraction of sp³-hybridized carbons (Fsp3) is 0.800. The van der Waals surface area contributed by atoms with Gasteiger partial charge in [0.25, 0.3) is 0 Å². The van der Waals surface area contributed by atoms with Gasteiger partial charge in [-0.25, -0.2) is 4.79 Å². The van der Waals surface area contributed by atoms with Gasteiger partial charge in [0.2, 0.25) is 0 Å². The lowest BCUT2D eigenvalue weighted by molar-refractivity contribution is -0.251. The van der Waals surface area contributed by atoms with Gasteiger partial charge < -0.3 is 14.2 Å². The van der Waals surface area contributed by atoms with Gasteiger partial charge >= 0.3 is 12.1 Å². The van der Waals surface area contributed by atoms with E-state index in [0.29, 0.717) is 48.7 Å². The molecule has 0 amide bonds. The van der Waals surface area contributed by atoms with Crippen LogP contribution in [0.4, 0.5) is 4.79 Å². The number of ether oxygens (including phenoxy) is 3. The number of rotatable bonds is 6. The van der Waals surface area contributed by atoms with Crippen LogP contribution in [0.25, 0.3) is 0 Å². The largest absolute Gasteiger partial charge is 0.508 e. The molecule has 250 valence electrons. The lowest BCUT2D eigenvalue weighted by Crippen LogP contribution is -2.67. The van der Waals surface area contributed by atoms with Gasteiger partial charge in [-0.2, -0.15) is 0 Å². The lowest BCUT2D eigenvalue weighted by Gasteiger charge is -2.72. The van der Waals surface area contributed by atoms with Crippen LogP contribution in [0.5, 0.6) is 0 Å². The molecule has 0 aromatic heterocycles. The van der Waals surface area contributed by atoms with Crippen molar-refractivity contribution >= 4 is 12.1 Å². The average Bonchev–Trinajstić information content (AvgIpc) is 3.40. The zero-order valence-electron chi connectivity index (χ0n) is 29.5. The second kappa shape index (κ2) is 11.6. The van der Waals surface area contributed by atoms with Crippen molar-refractivity contribution in [3.8, 4) is 0 Å². The third-order valence-electron chi connectivity index (χ3n) is 15.4. The molecule has 0 bridgehead atoms. The summed E-state index contributed by atoms with van der Waals surface area (Å²) in [5.41, 5.74) is 1.24. The second-order valence-corrected chi connectivity index (χ2v) is 17.5. The fourth-order valence-corrected chi connectivity index (χ4v) is 13.1. The predicted molar refractivity (Wildman–Crippen MR) is 177 cm³/mol. The summed E-state index contributed by atoms with van der Waals surface area (Å²) in [7, 11) is 0. The number of carbonyl (C=O) groups excluding carboxylic acids is 2. The lowest BCUT2D eigenvalue weighted by atomic mass is 9.32. The molecule has 0 radical (unpaired) electrons. The number of benzene rings is 1. The Labute approximate surface area is 272 Å². The highest BCUT2D eigenvalue weighted by molar-refractivity contribution is 5.78. The molecule has 1 unspecified atom stereocenters. The summed E-state index contributed by atoms with van der Waals surface area (Å²) in [5, 5.41) is 0. The van der Waals surface area contributed by atoms with Crippen LogP contribution in [0.2, 0.25) is 0 Å². The molecule has 10 atom stereocenters. The molecule has 1 aromatic rings. The van der Waals surface area contributed by atoms with E-state index in [1.165, 1.54) is 25.7 Å². The van der Waals surface area contributed by atoms with Crippen LogP contribution in [0.3, 0.4) is 0 Å². The minimum Gasteiger partial charge on any atom is -0.460 e. The fourth-order valence-electron chi connectivity index (χ4n) is 13.1. The highest BCUT2D eigenvalue weighted by atomic mass is 16.7. The first-order valence-corrected chi connectivity index (χ1v) is 18.3. The van der Waals surface area contributed by atoms with Crippen molar-refractivity contribution < 1.29 is 23.8 Å². The first kappa shape index (κ1) is 32.9. The van der Waals surface area contributed by atoms with Gasteiger partial charge in [-0.1, -0.05) is 78.8 Å². The van der Waals surface area contributed by atoms with Crippen molar-refractivity contribution in [2.45, 2.75) is 132 Å². The monoisotopic (exact) mass is 620 g/mol. The maximum absolute atomic E-state index is 14.3. The molecule has 6 rings (SSSR count). The van der Waals surface area contributed by atoms with Crippen LogP contribution in [0.1, 0.15) is 125 Å². The van der Waals surface area contributed by atoms with E-state index in [9.17, 15) is 9.59 Å². The third-order valence-corrected chi connectivity index (χ3v) is 15.4. The quantitative estimate of drug-likeness (QED) is 0.296. The summed E-state index contributed by atoms with van der Waals surface area (Å²) in [6.45, 7) is 19.9. The molecule has 0 spiro atoms. The molecule has 0 heterocycles. The van der Waals surface area contributed by atoms with E-state index < -0.39 is 6.16 Å². The molecular formula is C40H60O5. The van der Waals surface area contributed by atoms with E-state index in [1.807, 2.05) is 25.1 Å². The van der Waals surface area contributed by atoms with Crippen molar-refractivity contribution in [2.75, 3.05) is 6.61 Å². The van der Waals surface area contributed by atoms with Crippen LogP contribution in [-0.4, -0.2) is 24.8 Å². The normalized spacial score (nSPS) is 43.3. The number of esters is 1. The van der Waals surface area contributed by atoms with E-state index >= 15 is 0 Å². The molecular weight excluding hydrogens is 560 g/mol. The number of fused-ring (bicyclic) bond motifs is 7. The molecule has 5 nitrogen and oxygen atoms in total. The van der Waals surface area contributed by atoms with Gasteiger partial charge in [0.15, 0.2) is 0 Å². The summed E-state index contributed by atoms with van der Waals surface area (Å²) in [5.74, 6) is 3.28. The maximum atomic E-state index is 14.3.